The quantitative estimate of drug-likeness (QED) is 0.615. The maximum atomic E-state index is 14.5. The Hall–Kier alpha value is -2.38. The normalized spacial score (nSPS) is 13.8. The standard InChI is InChI=1S/C16H18FN3O3.C3H5Cl/c1-2-19-9-11(16(22)23)15(21)10-7-12(17)14(8-13(10)19)20-5-3-18-4-6-20;1-2-3-4/h7-9,18H,2-6H2,1H3,(H,22,23);2H,1,3H2. The molecule has 2 heterocycles. The Balaban J connectivity index is 0.000000596. The first kappa shape index (κ1) is 20.9. The van der Waals surface area contributed by atoms with Crippen LogP contribution in [-0.4, -0.2) is 47.7 Å². The third kappa shape index (κ3) is 4.67. The van der Waals surface area contributed by atoms with Crippen molar-refractivity contribution in [2.24, 2.45) is 0 Å². The largest absolute Gasteiger partial charge is 0.477 e. The Labute approximate surface area is 161 Å². The molecule has 0 aliphatic carbocycles. The number of carboxylic acid groups (broad SMARTS) is 1. The molecule has 6 nitrogen and oxygen atoms in total. The fourth-order valence-corrected chi connectivity index (χ4v) is 2.96. The number of anilines is 1. The fourth-order valence-electron chi connectivity index (χ4n) is 2.96. The third-order valence-electron chi connectivity index (χ3n) is 4.29. The van der Waals surface area contributed by atoms with Crippen molar-refractivity contribution in [2.45, 2.75) is 13.5 Å². The molecule has 1 aliphatic rings. The minimum atomic E-state index is -1.30. The summed E-state index contributed by atoms with van der Waals surface area (Å²) in [5, 5.41) is 12.5. The molecule has 0 radical (unpaired) electrons. The Morgan fingerprint density at radius 2 is 2.04 bits per heavy atom. The zero-order valence-electron chi connectivity index (χ0n) is 15.2. The topological polar surface area (TPSA) is 74.6 Å². The molecule has 146 valence electrons. The van der Waals surface area contributed by atoms with Gasteiger partial charge in [0, 0.05) is 50.2 Å². The highest BCUT2D eigenvalue weighted by atomic mass is 35.5. The van der Waals surface area contributed by atoms with E-state index in [1.807, 2.05) is 11.8 Å². The number of alkyl halides is 1. The van der Waals surface area contributed by atoms with Gasteiger partial charge in [0.25, 0.3) is 0 Å². The number of aryl methyl sites for hydroxylation is 1. The smallest absolute Gasteiger partial charge is 0.341 e. The van der Waals surface area contributed by atoms with Gasteiger partial charge in [-0.05, 0) is 19.1 Å². The Kier molecular flexibility index (Phi) is 7.38. The minimum Gasteiger partial charge on any atom is -0.477 e. The summed E-state index contributed by atoms with van der Waals surface area (Å²) in [6.07, 6.45) is 2.97. The first-order chi connectivity index (χ1) is 12.9. The molecule has 8 heteroatoms. The lowest BCUT2D eigenvalue weighted by atomic mass is 10.1. The number of hydrogen-bond acceptors (Lipinski definition) is 4. The lowest BCUT2D eigenvalue weighted by Gasteiger charge is -2.30. The van der Waals surface area contributed by atoms with E-state index in [0.29, 0.717) is 36.7 Å². The molecule has 1 aliphatic heterocycles. The fraction of sp³-hybridized carbons (Fsp3) is 0.368. The number of carboxylic acids is 1. The van der Waals surface area contributed by atoms with Crippen molar-refractivity contribution in [3.63, 3.8) is 0 Å². The number of nitrogens with one attached hydrogen (secondary N) is 1. The highest BCUT2D eigenvalue weighted by Crippen LogP contribution is 2.25. The molecule has 0 saturated carbocycles. The summed E-state index contributed by atoms with van der Waals surface area (Å²) in [5.41, 5.74) is 0.0118. The number of carbonyl (C=O) groups is 1. The summed E-state index contributed by atoms with van der Waals surface area (Å²) in [5.74, 6) is -1.24. The van der Waals surface area contributed by atoms with Gasteiger partial charge >= 0.3 is 5.97 Å². The molecule has 1 fully saturated rings. The van der Waals surface area contributed by atoms with Crippen LogP contribution in [0.15, 0.2) is 35.8 Å². The monoisotopic (exact) mass is 395 g/mol. The predicted molar refractivity (Wildman–Crippen MR) is 107 cm³/mol. The van der Waals surface area contributed by atoms with Gasteiger partial charge in [0.05, 0.1) is 11.2 Å². The second-order valence-electron chi connectivity index (χ2n) is 5.96. The third-order valence-corrected chi connectivity index (χ3v) is 4.50. The molecule has 3 rings (SSSR count). The maximum Gasteiger partial charge on any atom is 0.341 e. The average Bonchev–Trinajstić information content (AvgIpc) is 2.69. The molecule has 2 N–H and O–H groups in total. The number of halogens is 2. The van der Waals surface area contributed by atoms with Gasteiger partial charge in [0.2, 0.25) is 5.43 Å². The van der Waals surface area contributed by atoms with Crippen molar-refractivity contribution in [3.8, 4) is 0 Å². The lowest BCUT2D eigenvalue weighted by molar-refractivity contribution is 0.0695. The Bertz CT molecular complexity index is 892. The second-order valence-corrected chi connectivity index (χ2v) is 6.27. The van der Waals surface area contributed by atoms with Gasteiger partial charge in [0.15, 0.2) is 0 Å². The van der Waals surface area contributed by atoms with Crippen LogP contribution in [0.25, 0.3) is 10.9 Å². The van der Waals surface area contributed by atoms with Gasteiger partial charge in [-0.15, -0.1) is 18.2 Å². The molecule has 0 atom stereocenters. The van der Waals surface area contributed by atoms with E-state index in [4.69, 9.17) is 16.7 Å². The molecule has 0 spiro atoms. The molecule has 27 heavy (non-hydrogen) atoms. The summed E-state index contributed by atoms with van der Waals surface area (Å²) >= 11 is 5.07. The number of pyridine rings is 1. The van der Waals surface area contributed by atoms with Crippen LogP contribution in [-0.2, 0) is 6.54 Å². The number of aromatic carboxylic acids is 1. The summed E-state index contributed by atoms with van der Waals surface area (Å²) < 4.78 is 16.2. The van der Waals surface area contributed by atoms with E-state index in [1.54, 1.807) is 16.7 Å². The second kappa shape index (κ2) is 9.53. The average molecular weight is 396 g/mol. The molecule has 1 saturated heterocycles. The number of benzene rings is 1. The predicted octanol–water partition coefficient (Wildman–Crippen LogP) is 2.68. The summed E-state index contributed by atoms with van der Waals surface area (Å²) in [4.78, 5) is 25.4. The van der Waals surface area contributed by atoms with Crippen LogP contribution in [0.1, 0.15) is 17.3 Å². The Morgan fingerprint density at radius 3 is 2.56 bits per heavy atom. The zero-order valence-corrected chi connectivity index (χ0v) is 15.9. The van der Waals surface area contributed by atoms with Crippen LogP contribution in [0.4, 0.5) is 10.1 Å². The molecule has 0 amide bonds. The first-order valence-corrected chi connectivity index (χ1v) is 9.20. The van der Waals surface area contributed by atoms with Crippen molar-refractivity contribution in [3.05, 3.63) is 52.6 Å². The van der Waals surface area contributed by atoms with E-state index in [-0.39, 0.29) is 10.9 Å². The van der Waals surface area contributed by atoms with Crippen molar-refractivity contribution in [1.82, 2.24) is 9.88 Å². The van der Waals surface area contributed by atoms with Crippen molar-refractivity contribution < 1.29 is 14.3 Å². The molecule has 2 aromatic rings. The van der Waals surface area contributed by atoms with Crippen molar-refractivity contribution in [2.75, 3.05) is 37.0 Å². The molecule has 0 bridgehead atoms. The van der Waals surface area contributed by atoms with Crippen LogP contribution >= 0.6 is 11.6 Å². The number of rotatable bonds is 4. The minimum absolute atomic E-state index is 0.100. The Morgan fingerprint density at radius 1 is 1.41 bits per heavy atom. The van der Waals surface area contributed by atoms with Gasteiger partial charge < -0.3 is 19.9 Å². The van der Waals surface area contributed by atoms with Crippen LogP contribution in [0.5, 0.6) is 0 Å². The van der Waals surface area contributed by atoms with Crippen LogP contribution < -0.4 is 15.6 Å². The van der Waals surface area contributed by atoms with E-state index in [9.17, 15) is 14.0 Å². The van der Waals surface area contributed by atoms with E-state index >= 15 is 0 Å². The molecule has 1 aromatic heterocycles. The molecular formula is C19H23ClFN3O3. The number of allylic oxidation sites excluding steroid dienone is 1. The molecular weight excluding hydrogens is 373 g/mol. The first-order valence-electron chi connectivity index (χ1n) is 8.67. The highest BCUT2D eigenvalue weighted by Gasteiger charge is 2.19. The van der Waals surface area contributed by atoms with E-state index in [0.717, 1.165) is 19.2 Å². The molecule has 0 unspecified atom stereocenters. The number of piperazine rings is 1. The van der Waals surface area contributed by atoms with E-state index in [2.05, 4.69) is 11.9 Å². The number of aromatic nitrogens is 1. The van der Waals surface area contributed by atoms with Crippen molar-refractivity contribution in [1.29, 1.82) is 0 Å². The summed E-state index contributed by atoms with van der Waals surface area (Å²) in [7, 11) is 0. The van der Waals surface area contributed by atoms with Gasteiger partial charge in [-0.25, -0.2) is 9.18 Å². The van der Waals surface area contributed by atoms with Crippen molar-refractivity contribution >= 4 is 34.2 Å². The van der Waals surface area contributed by atoms with Crippen LogP contribution in [0.2, 0.25) is 0 Å². The van der Waals surface area contributed by atoms with E-state index < -0.39 is 17.2 Å². The summed E-state index contributed by atoms with van der Waals surface area (Å²) in [6, 6.07) is 2.81. The number of nitrogens with zero attached hydrogens (tertiary/aromatic N) is 2. The van der Waals surface area contributed by atoms with Gasteiger partial charge in [-0.3, -0.25) is 4.79 Å². The van der Waals surface area contributed by atoms with Gasteiger partial charge in [0.1, 0.15) is 11.4 Å². The summed E-state index contributed by atoms with van der Waals surface area (Å²) in [6.45, 7) is 8.61. The number of hydrogen-bond donors (Lipinski definition) is 2. The zero-order chi connectivity index (χ0) is 20.0. The maximum absolute atomic E-state index is 14.5. The van der Waals surface area contributed by atoms with Crippen LogP contribution in [0, 0.1) is 5.82 Å². The highest BCUT2D eigenvalue weighted by molar-refractivity contribution is 6.18. The van der Waals surface area contributed by atoms with E-state index in [1.165, 1.54) is 6.20 Å². The molecule has 1 aromatic carbocycles. The van der Waals surface area contributed by atoms with Gasteiger partial charge in [-0.1, -0.05) is 6.08 Å². The SMILES string of the molecule is C=CCCl.CCn1cc(C(=O)O)c(=O)c2cc(F)c(N3CCNCC3)cc21. The lowest BCUT2D eigenvalue weighted by Crippen LogP contribution is -2.43. The van der Waals surface area contributed by atoms with Crippen LogP contribution in [0.3, 0.4) is 0 Å². The number of fused-ring (bicyclic) bond motifs is 1. The van der Waals surface area contributed by atoms with Gasteiger partial charge in [-0.2, -0.15) is 0 Å².